The average molecular weight is 450 g/mol. The third-order valence-electron chi connectivity index (χ3n) is 4.13. The van der Waals surface area contributed by atoms with Crippen LogP contribution in [0.15, 0.2) is 30.5 Å². The van der Waals surface area contributed by atoms with E-state index in [1.165, 1.54) is 18.3 Å². The first-order valence-electron chi connectivity index (χ1n) is 9.35. The van der Waals surface area contributed by atoms with Crippen molar-refractivity contribution in [3.8, 4) is 11.8 Å². The lowest BCUT2D eigenvalue weighted by atomic mass is 10.1. The number of aliphatic carboxylic acids is 2. The smallest absolute Gasteiger partial charge is 0.338 e. The van der Waals surface area contributed by atoms with E-state index >= 15 is 0 Å². The predicted molar refractivity (Wildman–Crippen MR) is 117 cm³/mol. The summed E-state index contributed by atoms with van der Waals surface area (Å²) in [7, 11) is 0. The number of carboxylic acids is 2. The number of hydrogen-bond acceptors (Lipinski definition) is 10. The van der Waals surface area contributed by atoms with Crippen molar-refractivity contribution in [3.05, 3.63) is 41.7 Å². The number of carbonyl (C=O) groups is 3. The SMILES string of the molecule is Nc1nc(N)c2nc(CNc3ccc(C(=O)NC(C#CCC(=O)O)C(=O)O)cc3)cnc2n1. The minimum atomic E-state index is -1.53. The molecule has 8 N–H and O–H groups in total. The Morgan fingerprint density at radius 1 is 1.06 bits per heavy atom. The number of fused-ring (bicyclic) bond motifs is 1. The molecule has 1 unspecified atom stereocenters. The van der Waals surface area contributed by atoms with Crippen LogP contribution in [-0.4, -0.2) is 54.0 Å². The number of nitrogens with zero attached hydrogens (tertiary/aromatic N) is 4. The van der Waals surface area contributed by atoms with Crippen LogP contribution in [0, 0.1) is 11.8 Å². The Balaban J connectivity index is 1.63. The molecule has 13 heteroatoms. The molecule has 0 radical (unpaired) electrons. The summed E-state index contributed by atoms with van der Waals surface area (Å²) in [6, 6.07) is 4.68. The van der Waals surface area contributed by atoms with Crippen LogP contribution >= 0.6 is 0 Å². The highest BCUT2D eigenvalue weighted by Gasteiger charge is 2.18. The fourth-order valence-corrected chi connectivity index (χ4v) is 2.60. The number of nitrogens with two attached hydrogens (primary N) is 2. The summed E-state index contributed by atoms with van der Waals surface area (Å²) in [6.07, 6.45) is 0.982. The number of anilines is 3. The largest absolute Gasteiger partial charge is 0.481 e. The van der Waals surface area contributed by atoms with Gasteiger partial charge in [0.05, 0.1) is 18.4 Å². The minimum absolute atomic E-state index is 0.00582. The van der Waals surface area contributed by atoms with E-state index in [0.29, 0.717) is 23.4 Å². The predicted octanol–water partition coefficient (Wildman–Crippen LogP) is -0.143. The van der Waals surface area contributed by atoms with Crippen LogP contribution in [0.5, 0.6) is 0 Å². The van der Waals surface area contributed by atoms with Gasteiger partial charge in [-0.1, -0.05) is 11.8 Å². The van der Waals surface area contributed by atoms with Crippen LogP contribution in [0.4, 0.5) is 17.5 Å². The van der Waals surface area contributed by atoms with E-state index in [9.17, 15) is 14.4 Å². The molecule has 0 saturated carbocycles. The standard InChI is InChI=1S/C20H18N8O5/c21-16-15-17(28-20(22)27-16)24-9-12(25-15)8-23-11-6-4-10(5-7-11)18(31)26-13(19(32)33)2-1-3-14(29)30/h4-7,9,13,23H,3,8H2,(H,26,31)(H,29,30)(H,32,33)(H4,21,22,24,27,28). The molecule has 0 bridgehead atoms. The van der Waals surface area contributed by atoms with Crippen LogP contribution < -0.4 is 22.1 Å². The van der Waals surface area contributed by atoms with Crippen molar-refractivity contribution in [1.82, 2.24) is 25.3 Å². The third-order valence-corrected chi connectivity index (χ3v) is 4.13. The van der Waals surface area contributed by atoms with Crippen molar-refractivity contribution in [1.29, 1.82) is 0 Å². The Morgan fingerprint density at radius 3 is 2.45 bits per heavy atom. The second kappa shape index (κ2) is 9.88. The van der Waals surface area contributed by atoms with Gasteiger partial charge in [0.2, 0.25) is 5.95 Å². The summed E-state index contributed by atoms with van der Waals surface area (Å²) >= 11 is 0. The van der Waals surface area contributed by atoms with E-state index in [1.807, 2.05) is 0 Å². The molecular formula is C20H18N8O5. The number of hydrogen-bond donors (Lipinski definition) is 6. The van der Waals surface area contributed by atoms with Crippen LogP contribution in [0.3, 0.4) is 0 Å². The molecule has 0 fully saturated rings. The van der Waals surface area contributed by atoms with Gasteiger partial charge in [-0.05, 0) is 24.3 Å². The first kappa shape index (κ1) is 22.7. The van der Waals surface area contributed by atoms with E-state index in [-0.39, 0.29) is 23.0 Å². The molecule has 0 spiro atoms. The van der Waals surface area contributed by atoms with Gasteiger partial charge >= 0.3 is 11.9 Å². The average Bonchev–Trinajstić information content (AvgIpc) is 2.77. The van der Waals surface area contributed by atoms with E-state index in [2.05, 4.69) is 42.4 Å². The topological polar surface area (TPSA) is 219 Å². The van der Waals surface area contributed by atoms with Crippen LogP contribution in [0.25, 0.3) is 11.2 Å². The second-order valence-electron chi connectivity index (χ2n) is 6.57. The summed E-state index contributed by atoms with van der Waals surface area (Å²) in [4.78, 5) is 50.4. The van der Waals surface area contributed by atoms with Crippen molar-refractivity contribution in [2.75, 3.05) is 16.8 Å². The maximum absolute atomic E-state index is 12.3. The molecule has 3 aromatic rings. The second-order valence-corrected chi connectivity index (χ2v) is 6.57. The van der Waals surface area contributed by atoms with Gasteiger partial charge in [-0.3, -0.25) is 9.59 Å². The lowest BCUT2D eigenvalue weighted by Gasteiger charge is -2.10. The molecular weight excluding hydrogens is 432 g/mol. The van der Waals surface area contributed by atoms with Crippen LogP contribution in [0.1, 0.15) is 22.5 Å². The molecule has 1 aromatic carbocycles. The molecule has 168 valence electrons. The van der Waals surface area contributed by atoms with Gasteiger partial charge in [-0.15, -0.1) is 0 Å². The quantitative estimate of drug-likeness (QED) is 0.259. The summed E-state index contributed by atoms with van der Waals surface area (Å²) in [5.74, 6) is 1.26. The fraction of sp³-hybridized carbons (Fsp3) is 0.150. The van der Waals surface area contributed by atoms with Crippen molar-refractivity contribution >= 4 is 46.5 Å². The van der Waals surface area contributed by atoms with E-state index in [1.54, 1.807) is 12.1 Å². The molecule has 3 rings (SSSR count). The third kappa shape index (κ3) is 6.01. The van der Waals surface area contributed by atoms with Crippen molar-refractivity contribution in [3.63, 3.8) is 0 Å². The number of aromatic nitrogens is 4. The van der Waals surface area contributed by atoms with Gasteiger partial charge in [0, 0.05) is 11.3 Å². The van der Waals surface area contributed by atoms with Gasteiger partial charge in [-0.25, -0.2) is 14.8 Å². The number of rotatable bonds is 7. The molecule has 0 aliphatic carbocycles. The number of carbonyl (C=O) groups excluding carboxylic acids is 1. The molecule has 1 amide bonds. The lowest BCUT2D eigenvalue weighted by molar-refractivity contribution is -0.138. The van der Waals surface area contributed by atoms with Gasteiger partial charge in [0.1, 0.15) is 6.42 Å². The van der Waals surface area contributed by atoms with Gasteiger partial charge in [-0.2, -0.15) is 9.97 Å². The Labute approximate surface area is 186 Å². The molecule has 2 heterocycles. The molecule has 2 aromatic heterocycles. The van der Waals surface area contributed by atoms with E-state index in [0.717, 1.165) is 0 Å². The zero-order chi connectivity index (χ0) is 24.0. The highest BCUT2D eigenvalue weighted by Crippen LogP contribution is 2.16. The van der Waals surface area contributed by atoms with E-state index in [4.69, 9.17) is 21.7 Å². The maximum atomic E-state index is 12.3. The Kier molecular flexibility index (Phi) is 6.79. The van der Waals surface area contributed by atoms with Gasteiger partial charge in [0.15, 0.2) is 23.0 Å². The van der Waals surface area contributed by atoms with Crippen molar-refractivity contribution < 1.29 is 24.6 Å². The zero-order valence-electron chi connectivity index (χ0n) is 16.9. The number of benzene rings is 1. The van der Waals surface area contributed by atoms with Crippen LogP contribution in [-0.2, 0) is 16.1 Å². The Bertz CT molecular complexity index is 1280. The Morgan fingerprint density at radius 2 is 1.79 bits per heavy atom. The van der Waals surface area contributed by atoms with Gasteiger partial charge in [0.25, 0.3) is 5.91 Å². The fourth-order valence-electron chi connectivity index (χ4n) is 2.60. The first-order valence-corrected chi connectivity index (χ1v) is 9.35. The molecule has 0 saturated heterocycles. The maximum Gasteiger partial charge on any atom is 0.338 e. The number of amides is 1. The zero-order valence-corrected chi connectivity index (χ0v) is 16.9. The minimum Gasteiger partial charge on any atom is -0.481 e. The normalized spacial score (nSPS) is 11.2. The van der Waals surface area contributed by atoms with Crippen molar-refractivity contribution in [2.24, 2.45) is 0 Å². The molecule has 1 atom stereocenters. The van der Waals surface area contributed by atoms with Gasteiger partial charge < -0.3 is 32.3 Å². The highest BCUT2D eigenvalue weighted by atomic mass is 16.4. The number of carboxylic acid groups (broad SMARTS) is 2. The molecule has 33 heavy (non-hydrogen) atoms. The highest BCUT2D eigenvalue weighted by molar-refractivity contribution is 5.97. The molecule has 13 nitrogen and oxygen atoms in total. The number of nitrogen functional groups attached to an aromatic ring is 2. The van der Waals surface area contributed by atoms with Crippen molar-refractivity contribution in [2.45, 2.75) is 19.0 Å². The Hall–Kier alpha value is -4.99. The molecule has 0 aliphatic rings. The summed E-state index contributed by atoms with van der Waals surface area (Å²) in [5, 5.41) is 23.1. The van der Waals surface area contributed by atoms with Crippen LogP contribution in [0.2, 0.25) is 0 Å². The summed E-state index contributed by atoms with van der Waals surface area (Å²) < 4.78 is 0. The molecule has 0 aliphatic heterocycles. The number of nitrogens with one attached hydrogen (secondary N) is 2. The monoisotopic (exact) mass is 450 g/mol. The summed E-state index contributed by atoms with van der Waals surface area (Å²) in [6.45, 7) is 0.290. The first-order chi connectivity index (χ1) is 15.7. The van der Waals surface area contributed by atoms with E-state index < -0.39 is 30.3 Å². The lowest BCUT2D eigenvalue weighted by Crippen LogP contribution is -2.39. The summed E-state index contributed by atoms with van der Waals surface area (Å²) in [5.41, 5.74) is 13.4.